The lowest BCUT2D eigenvalue weighted by Gasteiger charge is -2.07. The number of benzene rings is 2. The molecule has 3 nitrogen and oxygen atoms in total. The van der Waals surface area contributed by atoms with Gasteiger partial charge in [0.2, 0.25) is 5.91 Å². The van der Waals surface area contributed by atoms with Gasteiger partial charge in [-0.1, -0.05) is 18.2 Å². The summed E-state index contributed by atoms with van der Waals surface area (Å²) in [5.74, 6) is -1.87. The van der Waals surface area contributed by atoms with E-state index in [1.165, 1.54) is 18.2 Å². The molecule has 0 aromatic heterocycles. The van der Waals surface area contributed by atoms with E-state index in [1.807, 2.05) is 0 Å². The first-order chi connectivity index (χ1) is 9.56. The van der Waals surface area contributed by atoms with Gasteiger partial charge in [-0.25, -0.2) is 8.78 Å². The Morgan fingerprint density at radius 2 is 1.75 bits per heavy atom. The minimum atomic E-state index is -0.738. The summed E-state index contributed by atoms with van der Waals surface area (Å²) in [6, 6.07) is 9.86. The van der Waals surface area contributed by atoms with Crippen LogP contribution in [0.1, 0.15) is 11.1 Å². The van der Waals surface area contributed by atoms with Crippen LogP contribution in [0, 0.1) is 11.6 Å². The minimum absolute atomic E-state index is 0.0943. The largest absolute Gasteiger partial charge is 0.508 e. The first-order valence-corrected chi connectivity index (χ1v) is 6.04. The van der Waals surface area contributed by atoms with Gasteiger partial charge in [0.05, 0.1) is 6.42 Å². The lowest BCUT2D eigenvalue weighted by molar-refractivity contribution is -0.120. The standard InChI is InChI=1S/C15H13F2NO2/c16-13-5-2-6-14(17)12(13)8-15(20)18-9-10-3-1-4-11(19)7-10/h1-7,19H,8-9H2,(H,18,20). The average molecular weight is 277 g/mol. The number of carbonyl (C=O) groups excluding carboxylic acids is 1. The van der Waals surface area contributed by atoms with Crippen LogP contribution in [0.25, 0.3) is 0 Å². The van der Waals surface area contributed by atoms with Crippen molar-refractivity contribution < 1.29 is 18.7 Å². The van der Waals surface area contributed by atoms with Crippen molar-refractivity contribution in [3.05, 3.63) is 65.2 Å². The molecule has 0 aliphatic heterocycles. The Kier molecular flexibility index (Phi) is 4.30. The molecule has 0 radical (unpaired) electrons. The molecule has 1 amide bonds. The molecule has 2 aromatic carbocycles. The van der Waals surface area contributed by atoms with Crippen molar-refractivity contribution in [3.8, 4) is 5.75 Å². The molecule has 5 heteroatoms. The van der Waals surface area contributed by atoms with Crippen LogP contribution in [-0.2, 0) is 17.8 Å². The highest BCUT2D eigenvalue weighted by Crippen LogP contribution is 2.13. The molecule has 2 aromatic rings. The van der Waals surface area contributed by atoms with Crippen molar-refractivity contribution >= 4 is 5.91 Å². The Labute approximate surface area is 114 Å². The Morgan fingerprint density at radius 1 is 1.10 bits per heavy atom. The number of halogens is 2. The highest BCUT2D eigenvalue weighted by Gasteiger charge is 2.12. The maximum absolute atomic E-state index is 13.4. The first-order valence-electron chi connectivity index (χ1n) is 6.04. The van der Waals surface area contributed by atoms with E-state index in [-0.39, 0.29) is 24.3 Å². The fourth-order valence-corrected chi connectivity index (χ4v) is 1.79. The fourth-order valence-electron chi connectivity index (χ4n) is 1.79. The second-order valence-electron chi connectivity index (χ2n) is 4.32. The number of aromatic hydroxyl groups is 1. The zero-order chi connectivity index (χ0) is 14.5. The van der Waals surface area contributed by atoms with Crippen molar-refractivity contribution in [1.29, 1.82) is 0 Å². The SMILES string of the molecule is O=C(Cc1c(F)cccc1F)NCc1cccc(O)c1. The summed E-state index contributed by atoms with van der Waals surface area (Å²) in [4.78, 5) is 11.7. The van der Waals surface area contributed by atoms with Crippen LogP contribution in [0.2, 0.25) is 0 Å². The molecule has 0 saturated carbocycles. The molecule has 2 N–H and O–H groups in total. The van der Waals surface area contributed by atoms with E-state index in [1.54, 1.807) is 12.1 Å². The maximum atomic E-state index is 13.4. The zero-order valence-electron chi connectivity index (χ0n) is 10.6. The molecular formula is C15H13F2NO2. The molecule has 104 valence electrons. The zero-order valence-corrected chi connectivity index (χ0v) is 10.6. The predicted molar refractivity (Wildman–Crippen MR) is 70.0 cm³/mol. The van der Waals surface area contributed by atoms with E-state index in [4.69, 9.17) is 0 Å². The van der Waals surface area contributed by atoms with E-state index in [0.29, 0.717) is 5.56 Å². The molecule has 0 saturated heterocycles. The second-order valence-corrected chi connectivity index (χ2v) is 4.32. The third-order valence-electron chi connectivity index (χ3n) is 2.80. The molecule has 0 aliphatic carbocycles. The average Bonchev–Trinajstić information content (AvgIpc) is 2.41. The number of phenols is 1. The summed E-state index contributed by atoms with van der Waals surface area (Å²) in [7, 11) is 0. The smallest absolute Gasteiger partial charge is 0.224 e. The molecular weight excluding hydrogens is 264 g/mol. The molecule has 0 fully saturated rings. The second kappa shape index (κ2) is 6.14. The number of rotatable bonds is 4. The van der Waals surface area contributed by atoms with Gasteiger partial charge in [-0.3, -0.25) is 4.79 Å². The summed E-state index contributed by atoms with van der Waals surface area (Å²) in [6.07, 6.45) is -0.364. The van der Waals surface area contributed by atoms with Crippen molar-refractivity contribution in [1.82, 2.24) is 5.32 Å². The molecule has 0 unspecified atom stereocenters. The van der Waals surface area contributed by atoms with Crippen molar-refractivity contribution in [2.75, 3.05) is 0 Å². The van der Waals surface area contributed by atoms with Gasteiger partial charge in [0.1, 0.15) is 17.4 Å². The molecule has 0 aliphatic rings. The topological polar surface area (TPSA) is 49.3 Å². The Hall–Kier alpha value is -2.43. The van der Waals surface area contributed by atoms with Gasteiger partial charge in [-0.15, -0.1) is 0 Å². The van der Waals surface area contributed by atoms with Gasteiger partial charge in [0, 0.05) is 12.1 Å². The van der Waals surface area contributed by atoms with Crippen molar-refractivity contribution in [3.63, 3.8) is 0 Å². The van der Waals surface area contributed by atoms with Crippen molar-refractivity contribution in [2.45, 2.75) is 13.0 Å². The maximum Gasteiger partial charge on any atom is 0.224 e. The molecule has 0 bridgehead atoms. The number of carbonyl (C=O) groups is 1. The normalized spacial score (nSPS) is 10.3. The monoisotopic (exact) mass is 277 g/mol. The van der Waals surface area contributed by atoms with E-state index in [2.05, 4.69) is 5.32 Å². The van der Waals surface area contributed by atoms with Gasteiger partial charge in [0.25, 0.3) is 0 Å². The fraction of sp³-hybridized carbons (Fsp3) is 0.133. The number of phenolic OH excluding ortho intramolecular Hbond substituents is 1. The van der Waals surface area contributed by atoms with Crippen LogP contribution in [0.15, 0.2) is 42.5 Å². The Bertz CT molecular complexity index is 609. The summed E-state index contributed by atoms with van der Waals surface area (Å²) in [6.45, 7) is 0.184. The number of hydrogen-bond acceptors (Lipinski definition) is 2. The van der Waals surface area contributed by atoms with E-state index < -0.39 is 17.5 Å². The van der Waals surface area contributed by atoms with Gasteiger partial charge in [-0.2, -0.15) is 0 Å². The summed E-state index contributed by atoms with van der Waals surface area (Å²) < 4.78 is 26.7. The first kappa shape index (κ1) is 14.0. The van der Waals surface area contributed by atoms with Crippen LogP contribution in [0.5, 0.6) is 5.75 Å². The Morgan fingerprint density at radius 3 is 2.40 bits per heavy atom. The number of nitrogens with one attached hydrogen (secondary N) is 1. The van der Waals surface area contributed by atoms with Crippen LogP contribution in [-0.4, -0.2) is 11.0 Å². The van der Waals surface area contributed by atoms with Crippen molar-refractivity contribution in [2.24, 2.45) is 0 Å². The van der Waals surface area contributed by atoms with Crippen LogP contribution in [0.4, 0.5) is 8.78 Å². The lowest BCUT2D eigenvalue weighted by atomic mass is 10.1. The van der Waals surface area contributed by atoms with Crippen LogP contribution in [0.3, 0.4) is 0 Å². The van der Waals surface area contributed by atoms with Crippen LogP contribution >= 0.6 is 0 Å². The third kappa shape index (κ3) is 3.54. The Balaban J connectivity index is 1.96. The molecule has 20 heavy (non-hydrogen) atoms. The van der Waals surface area contributed by atoms with Gasteiger partial charge in [0.15, 0.2) is 0 Å². The number of amides is 1. The predicted octanol–water partition coefficient (Wildman–Crippen LogP) is 2.53. The molecule has 0 heterocycles. The third-order valence-corrected chi connectivity index (χ3v) is 2.80. The minimum Gasteiger partial charge on any atom is -0.508 e. The summed E-state index contributed by atoms with van der Waals surface area (Å²) in [5, 5.41) is 11.8. The van der Waals surface area contributed by atoms with Gasteiger partial charge in [-0.05, 0) is 29.8 Å². The molecule has 0 atom stereocenters. The quantitative estimate of drug-likeness (QED) is 0.902. The lowest BCUT2D eigenvalue weighted by Crippen LogP contribution is -2.25. The molecule has 0 spiro atoms. The van der Waals surface area contributed by atoms with Gasteiger partial charge < -0.3 is 10.4 Å². The van der Waals surface area contributed by atoms with E-state index in [9.17, 15) is 18.7 Å². The number of hydrogen-bond donors (Lipinski definition) is 2. The van der Waals surface area contributed by atoms with Crippen LogP contribution < -0.4 is 5.32 Å². The van der Waals surface area contributed by atoms with E-state index in [0.717, 1.165) is 12.1 Å². The summed E-state index contributed by atoms with van der Waals surface area (Å²) >= 11 is 0. The molecule has 2 rings (SSSR count). The summed E-state index contributed by atoms with van der Waals surface area (Å²) in [5.41, 5.74) is 0.452. The highest BCUT2D eigenvalue weighted by atomic mass is 19.1. The van der Waals surface area contributed by atoms with E-state index >= 15 is 0 Å². The van der Waals surface area contributed by atoms with Gasteiger partial charge >= 0.3 is 0 Å². The highest BCUT2D eigenvalue weighted by molar-refractivity contribution is 5.78.